The fraction of sp³-hybridized carbons (Fsp3) is 0.367. The molecular formula is C30H30O2. The molecule has 2 heteroatoms. The minimum absolute atomic E-state index is 0.297. The van der Waals surface area contributed by atoms with E-state index in [-0.39, 0.29) is 5.97 Å². The minimum Gasteiger partial charge on any atom is -0.465 e. The molecule has 4 aliphatic rings. The Morgan fingerprint density at radius 1 is 0.969 bits per heavy atom. The maximum absolute atomic E-state index is 11.9. The topological polar surface area (TPSA) is 26.3 Å². The first-order valence-electron chi connectivity index (χ1n) is 12.0. The van der Waals surface area contributed by atoms with Crippen molar-refractivity contribution in [1.82, 2.24) is 0 Å². The lowest BCUT2D eigenvalue weighted by molar-refractivity contribution is -0.00521. The van der Waals surface area contributed by atoms with Gasteiger partial charge in [-0.05, 0) is 119 Å². The van der Waals surface area contributed by atoms with E-state index in [0.29, 0.717) is 11.0 Å². The standard InChI is InChI=1S/C30H30O2/c1-3-22-14-25-5-4-6-26(23-7-9-24(10-8-23)29(31)32-2)27(25)15-28(22)30-16-19-11-20(17-30)13-21(12-19)18-30/h3-10,14-15,19-21H,1,11-13,16-18H2,2H3. The van der Waals surface area contributed by atoms with Crippen LogP contribution in [0.15, 0.2) is 61.2 Å². The molecule has 4 aliphatic carbocycles. The fourth-order valence-corrected chi connectivity index (χ4v) is 7.57. The number of carbonyl (C=O) groups excluding carboxylic acids is 1. The molecule has 32 heavy (non-hydrogen) atoms. The Kier molecular flexibility index (Phi) is 4.54. The molecule has 3 aromatic rings. The van der Waals surface area contributed by atoms with Crippen LogP contribution in [0.2, 0.25) is 0 Å². The van der Waals surface area contributed by atoms with E-state index < -0.39 is 0 Å². The van der Waals surface area contributed by atoms with Crippen molar-refractivity contribution < 1.29 is 9.53 Å². The molecule has 0 radical (unpaired) electrons. The average Bonchev–Trinajstić information content (AvgIpc) is 2.81. The normalized spacial score (nSPS) is 28.1. The van der Waals surface area contributed by atoms with Crippen LogP contribution in [-0.2, 0) is 10.2 Å². The van der Waals surface area contributed by atoms with Crippen LogP contribution in [0.4, 0.5) is 0 Å². The van der Waals surface area contributed by atoms with E-state index in [2.05, 4.69) is 43.0 Å². The molecular weight excluding hydrogens is 392 g/mol. The van der Waals surface area contributed by atoms with E-state index in [9.17, 15) is 4.79 Å². The predicted octanol–water partition coefficient (Wildman–Crippen LogP) is 7.40. The number of benzene rings is 3. The molecule has 0 aromatic heterocycles. The molecule has 4 bridgehead atoms. The van der Waals surface area contributed by atoms with Gasteiger partial charge in [-0.25, -0.2) is 4.79 Å². The van der Waals surface area contributed by atoms with Crippen LogP contribution in [0, 0.1) is 17.8 Å². The molecule has 4 fully saturated rings. The summed E-state index contributed by atoms with van der Waals surface area (Å²) in [7, 11) is 1.42. The third kappa shape index (κ3) is 3.03. The number of fused-ring (bicyclic) bond motifs is 1. The van der Waals surface area contributed by atoms with Gasteiger partial charge in [0, 0.05) is 0 Å². The molecule has 0 heterocycles. The van der Waals surface area contributed by atoms with Gasteiger partial charge in [-0.3, -0.25) is 0 Å². The van der Waals surface area contributed by atoms with Crippen LogP contribution < -0.4 is 0 Å². The van der Waals surface area contributed by atoms with E-state index in [1.807, 2.05) is 24.3 Å². The maximum Gasteiger partial charge on any atom is 0.337 e. The van der Waals surface area contributed by atoms with Crippen LogP contribution in [0.1, 0.15) is 60.0 Å². The van der Waals surface area contributed by atoms with Gasteiger partial charge >= 0.3 is 5.97 Å². The highest BCUT2D eigenvalue weighted by atomic mass is 16.5. The zero-order valence-corrected chi connectivity index (χ0v) is 18.8. The number of hydrogen-bond acceptors (Lipinski definition) is 2. The summed E-state index contributed by atoms with van der Waals surface area (Å²) in [4.78, 5) is 11.9. The molecule has 0 aliphatic heterocycles. The van der Waals surface area contributed by atoms with E-state index in [0.717, 1.165) is 23.3 Å². The van der Waals surface area contributed by atoms with Gasteiger partial charge in [-0.15, -0.1) is 0 Å². The molecule has 162 valence electrons. The average molecular weight is 423 g/mol. The molecule has 0 N–H and O–H groups in total. The summed E-state index contributed by atoms with van der Waals surface area (Å²) in [6.45, 7) is 4.20. The third-order valence-corrected chi connectivity index (χ3v) is 8.50. The van der Waals surface area contributed by atoms with Gasteiger partial charge in [0.25, 0.3) is 0 Å². The second kappa shape index (κ2) is 7.33. The van der Waals surface area contributed by atoms with E-state index >= 15 is 0 Å². The summed E-state index contributed by atoms with van der Waals surface area (Å²) in [6, 6.07) is 19.2. The zero-order chi connectivity index (χ0) is 21.9. The number of ether oxygens (including phenoxy) is 1. The first-order valence-corrected chi connectivity index (χ1v) is 12.0. The Balaban J connectivity index is 1.50. The Hall–Kier alpha value is -2.87. The van der Waals surface area contributed by atoms with Crippen molar-refractivity contribution in [3.8, 4) is 11.1 Å². The second-order valence-electron chi connectivity index (χ2n) is 10.4. The van der Waals surface area contributed by atoms with E-state index in [4.69, 9.17) is 4.74 Å². The van der Waals surface area contributed by atoms with Gasteiger partial charge in [0.1, 0.15) is 0 Å². The van der Waals surface area contributed by atoms with Gasteiger partial charge in [0.05, 0.1) is 12.7 Å². The minimum atomic E-state index is -0.297. The molecule has 3 aromatic carbocycles. The van der Waals surface area contributed by atoms with Crippen molar-refractivity contribution >= 4 is 22.8 Å². The summed E-state index contributed by atoms with van der Waals surface area (Å²) < 4.78 is 4.86. The quantitative estimate of drug-likeness (QED) is 0.409. The highest BCUT2D eigenvalue weighted by Gasteiger charge is 2.52. The molecule has 0 amide bonds. The summed E-state index contributed by atoms with van der Waals surface area (Å²) in [5.41, 5.74) is 6.11. The van der Waals surface area contributed by atoms with E-state index in [1.54, 1.807) is 0 Å². The van der Waals surface area contributed by atoms with Gasteiger partial charge in [0.2, 0.25) is 0 Å². The molecule has 7 rings (SSSR count). The monoisotopic (exact) mass is 422 g/mol. The zero-order valence-electron chi connectivity index (χ0n) is 18.8. The molecule has 2 nitrogen and oxygen atoms in total. The summed E-state index contributed by atoms with van der Waals surface area (Å²) in [5, 5.41) is 2.55. The van der Waals surface area contributed by atoms with Crippen LogP contribution in [0.3, 0.4) is 0 Å². The number of methoxy groups -OCH3 is 1. The van der Waals surface area contributed by atoms with Gasteiger partial charge in [-0.1, -0.05) is 43.0 Å². The molecule has 0 spiro atoms. The van der Waals surface area contributed by atoms with Crippen LogP contribution in [0.5, 0.6) is 0 Å². The lowest BCUT2D eigenvalue weighted by Crippen LogP contribution is -2.48. The van der Waals surface area contributed by atoms with Gasteiger partial charge in [0.15, 0.2) is 0 Å². The molecule has 0 unspecified atom stereocenters. The Labute approximate surface area is 190 Å². The van der Waals surface area contributed by atoms with Crippen molar-refractivity contribution in [2.75, 3.05) is 7.11 Å². The number of hydrogen-bond donors (Lipinski definition) is 0. The third-order valence-electron chi connectivity index (χ3n) is 8.50. The molecule has 0 atom stereocenters. The molecule has 0 saturated heterocycles. The first kappa shape index (κ1) is 19.8. The summed E-state index contributed by atoms with van der Waals surface area (Å²) >= 11 is 0. The Morgan fingerprint density at radius 2 is 1.62 bits per heavy atom. The summed E-state index contributed by atoms with van der Waals surface area (Å²) in [5.74, 6) is 2.44. The van der Waals surface area contributed by atoms with Crippen LogP contribution in [-0.4, -0.2) is 13.1 Å². The SMILES string of the molecule is C=Cc1cc2cccc(-c3ccc(C(=O)OC)cc3)c2cc1C12CC3CC(CC(C3)C1)C2. The smallest absolute Gasteiger partial charge is 0.337 e. The maximum atomic E-state index is 11.9. The van der Waals surface area contributed by atoms with Crippen molar-refractivity contribution in [2.24, 2.45) is 17.8 Å². The predicted molar refractivity (Wildman–Crippen MR) is 131 cm³/mol. The molecule has 4 saturated carbocycles. The van der Waals surface area contributed by atoms with Crippen molar-refractivity contribution in [2.45, 2.75) is 43.9 Å². The lowest BCUT2D eigenvalue weighted by atomic mass is 9.47. The van der Waals surface area contributed by atoms with Crippen LogP contribution in [0.25, 0.3) is 28.0 Å². The number of carbonyl (C=O) groups is 1. The van der Waals surface area contributed by atoms with Crippen molar-refractivity contribution in [1.29, 1.82) is 0 Å². The number of esters is 1. The highest BCUT2D eigenvalue weighted by molar-refractivity contribution is 5.99. The van der Waals surface area contributed by atoms with E-state index in [1.165, 1.54) is 73.1 Å². The Morgan fingerprint density at radius 3 is 2.22 bits per heavy atom. The Bertz CT molecular complexity index is 1180. The van der Waals surface area contributed by atoms with Crippen molar-refractivity contribution in [3.63, 3.8) is 0 Å². The lowest BCUT2D eigenvalue weighted by Gasteiger charge is -2.57. The first-order chi connectivity index (χ1) is 15.6. The summed E-state index contributed by atoms with van der Waals surface area (Å²) in [6.07, 6.45) is 10.5. The van der Waals surface area contributed by atoms with Gasteiger partial charge < -0.3 is 4.74 Å². The van der Waals surface area contributed by atoms with Crippen LogP contribution >= 0.6 is 0 Å². The fourth-order valence-electron chi connectivity index (χ4n) is 7.57. The van der Waals surface area contributed by atoms with Gasteiger partial charge in [-0.2, -0.15) is 0 Å². The second-order valence-corrected chi connectivity index (χ2v) is 10.4. The number of rotatable bonds is 4. The highest BCUT2D eigenvalue weighted by Crippen LogP contribution is 2.61. The largest absolute Gasteiger partial charge is 0.465 e. The van der Waals surface area contributed by atoms with Crippen molar-refractivity contribution in [3.05, 3.63) is 77.9 Å².